The summed E-state index contributed by atoms with van der Waals surface area (Å²) in [6.07, 6.45) is 0.0672. The summed E-state index contributed by atoms with van der Waals surface area (Å²) in [6, 6.07) is 5.32. The van der Waals surface area contributed by atoms with Crippen LogP contribution in [0.5, 0.6) is 0 Å². The number of hydrogen-bond acceptors (Lipinski definition) is 3. The summed E-state index contributed by atoms with van der Waals surface area (Å²) in [5.74, 6) is 0.0124. The largest absolute Gasteiger partial charge is 0.401 e. The van der Waals surface area contributed by atoms with Gasteiger partial charge in [-0.15, -0.1) is 0 Å². The van der Waals surface area contributed by atoms with E-state index in [2.05, 4.69) is 31.5 Å². The maximum Gasteiger partial charge on any atom is 0.401 e. The van der Waals surface area contributed by atoms with E-state index >= 15 is 0 Å². The third kappa shape index (κ3) is 4.52. The van der Waals surface area contributed by atoms with E-state index in [-0.39, 0.29) is 18.0 Å². The molecular formula is C16H18BrF3N4O. The molecule has 0 bridgehead atoms. The van der Waals surface area contributed by atoms with Crippen LogP contribution in [0, 0.1) is 0 Å². The van der Waals surface area contributed by atoms with Crippen molar-refractivity contribution in [1.29, 1.82) is 0 Å². The number of nitrogens with one attached hydrogen (secondary N) is 2. The molecule has 2 N–H and O–H groups in total. The Kier molecular flexibility index (Phi) is 5.33. The molecule has 0 spiro atoms. The average molecular weight is 419 g/mol. The van der Waals surface area contributed by atoms with E-state index in [9.17, 15) is 18.0 Å². The van der Waals surface area contributed by atoms with Crippen LogP contribution in [-0.2, 0) is 0 Å². The van der Waals surface area contributed by atoms with Crippen molar-refractivity contribution in [2.24, 2.45) is 0 Å². The first-order chi connectivity index (χ1) is 11.8. The van der Waals surface area contributed by atoms with Crippen LogP contribution in [0.4, 0.5) is 13.2 Å². The highest BCUT2D eigenvalue weighted by Crippen LogP contribution is 2.22. The molecule has 1 aliphatic rings. The molecule has 1 saturated carbocycles. The molecule has 1 amide bonds. The predicted octanol–water partition coefficient (Wildman–Crippen LogP) is 3.29. The number of hydrogen-bond donors (Lipinski definition) is 2. The maximum absolute atomic E-state index is 12.5. The van der Waals surface area contributed by atoms with Crippen LogP contribution in [0.3, 0.4) is 0 Å². The number of alkyl halides is 3. The van der Waals surface area contributed by atoms with Crippen LogP contribution < -0.4 is 10.6 Å². The Labute approximate surface area is 151 Å². The lowest BCUT2D eigenvalue weighted by Crippen LogP contribution is -2.44. The lowest BCUT2D eigenvalue weighted by Gasteiger charge is -2.29. The summed E-state index contributed by atoms with van der Waals surface area (Å²) in [5, 5.41) is 5.47. The second-order valence-electron chi connectivity index (χ2n) is 6.20. The molecule has 0 atom stereocenters. The van der Waals surface area contributed by atoms with Gasteiger partial charge in [-0.05, 0) is 53.7 Å². The Hall–Kier alpha value is -1.61. The van der Waals surface area contributed by atoms with Crippen molar-refractivity contribution in [2.75, 3.05) is 6.54 Å². The normalized spacial score (nSPS) is 21.4. The van der Waals surface area contributed by atoms with Gasteiger partial charge in [-0.2, -0.15) is 13.2 Å². The van der Waals surface area contributed by atoms with E-state index in [4.69, 9.17) is 0 Å². The highest BCUT2D eigenvalue weighted by atomic mass is 79.9. The lowest BCUT2D eigenvalue weighted by molar-refractivity contribution is -0.126. The van der Waals surface area contributed by atoms with E-state index < -0.39 is 12.7 Å². The first kappa shape index (κ1) is 18.2. The first-order valence-electron chi connectivity index (χ1n) is 8.07. The Morgan fingerprint density at radius 2 is 1.92 bits per heavy atom. The van der Waals surface area contributed by atoms with Crippen LogP contribution in [-0.4, -0.2) is 40.1 Å². The van der Waals surface area contributed by atoms with Crippen molar-refractivity contribution in [2.45, 2.75) is 43.9 Å². The van der Waals surface area contributed by atoms with Crippen LogP contribution in [0.2, 0.25) is 0 Å². The number of nitrogens with zero attached hydrogens (tertiary/aromatic N) is 2. The van der Waals surface area contributed by atoms with Gasteiger partial charge in [-0.1, -0.05) is 6.07 Å². The van der Waals surface area contributed by atoms with Gasteiger partial charge in [0.2, 0.25) is 5.82 Å². The van der Waals surface area contributed by atoms with Gasteiger partial charge in [0.15, 0.2) is 0 Å². The second-order valence-corrected chi connectivity index (χ2v) is 6.95. The van der Waals surface area contributed by atoms with E-state index in [0.717, 1.165) is 5.52 Å². The third-order valence-electron chi connectivity index (χ3n) is 4.36. The highest BCUT2D eigenvalue weighted by molar-refractivity contribution is 9.10. The zero-order chi connectivity index (χ0) is 18.0. The number of aromatic nitrogens is 2. The van der Waals surface area contributed by atoms with Crippen LogP contribution >= 0.6 is 15.9 Å². The minimum absolute atomic E-state index is 0.0497. The summed E-state index contributed by atoms with van der Waals surface area (Å²) in [4.78, 5) is 16.8. The number of imidazole rings is 1. The number of amides is 1. The quantitative estimate of drug-likeness (QED) is 0.800. The number of carbonyl (C=O) groups excluding carboxylic acids is 1. The van der Waals surface area contributed by atoms with E-state index in [1.54, 1.807) is 10.6 Å². The SMILES string of the molecule is O=C(NC1CCC(NCC(F)(F)F)CC1)c1nc(Br)c2ccccn12. The number of fused-ring (bicyclic) bond motifs is 1. The van der Waals surface area contributed by atoms with Crippen molar-refractivity contribution in [1.82, 2.24) is 20.0 Å². The van der Waals surface area contributed by atoms with Crippen molar-refractivity contribution in [3.63, 3.8) is 0 Å². The van der Waals surface area contributed by atoms with E-state index in [1.807, 2.05) is 18.2 Å². The van der Waals surface area contributed by atoms with Crippen molar-refractivity contribution < 1.29 is 18.0 Å². The van der Waals surface area contributed by atoms with Crippen LogP contribution in [0.1, 0.15) is 36.3 Å². The molecule has 2 aromatic heterocycles. The maximum atomic E-state index is 12.5. The Morgan fingerprint density at radius 3 is 2.60 bits per heavy atom. The smallest absolute Gasteiger partial charge is 0.347 e. The van der Waals surface area contributed by atoms with Crippen molar-refractivity contribution in [3.05, 3.63) is 34.8 Å². The molecule has 5 nitrogen and oxygen atoms in total. The number of rotatable bonds is 4. The number of carbonyl (C=O) groups is 1. The van der Waals surface area contributed by atoms with E-state index in [0.29, 0.717) is 36.1 Å². The van der Waals surface area contributed by atoms with Gasteiger partial charge in [-0.3, -0.25) is 9.20 Å². The zero-order valence-electron chi connectivity index (χ0n) is 13.3. The molecule has 0 radical (unpaired) electrons. The highest BCUT2D eigenvalue weighted by Gasteiger charge is 2.30. The molecule has 1 fully saturated rings. The molecule has 2 heterocycles. The molecule has 9 heteroatoms. The summed E-state index contributed by atoms with van der Waals surface area (Å²) >= 11 is 3.34. The Bertz CT molecular complexity index is 753. The fraction of sp³-hybridized carbons (Fsp3) is 0.500. The minimum Gasteiger partial charge on any atom is -0.347 e. The molecule has 0 aromatic carbocycles. The van der Waals surface area contributed by atoms with Crippen molar-refractivity contribution in [3.8, 4) is 0 Å². The van der Waals surface area contributed by atoms with Crippen LogP contribution in [0.15, 0.2) is 29.0 Å². The van der Waals surface area contributed by atoms with Crippen molar-refractivity contribution >= 4 is 27.4 Å². The van der Waals surface area contributed by atoms with Gasteiger partial charge in [0.1, 0.15) is 4.60 Å². The fourth-order valence-corrected chi connectivity index (χ4v) is 3.60. The molecule has 2 aromatic rings. The summed E-state index contributed by atoms with van der Waals surface area (Å²) in [7, 11) is 0. The molecule has 136 valence electrons. The first-order valence-corrected chi connectivity index (χ1v) is 8.86. The Morgan fingerprint density at radius 1 is 1.24 bits per heavy atom. The molecule has 1 aliphatic carbocycles. The van der Waals surface area contributed by atoms with Gasteiger partial charge in [-0.25, -0.2) is 4.98 Å². The predicted molar refractivity (Wildman–Crippen MR) is 90.5 cm³/mol. The van der Waals surface area contributed by atoms with Gasteiger partial charge in [0.25, 0.3) is 5.91 Å². The zero-order valence-corrected chi connectivity index (χ0v) is 14.9. The second kappa shape index (κ2) is 7.33. The fourth-order valence-electron chi connectivity index (χ4n) is 3.11. The lowest BCUT2D eigenvalue weighted by atomic mass is 9.91. The molecule has 0 unspecified atom stereocenters. The summed E-state index contributed by atoms with van der Waals surface area (Å²) in [5.41, 5.74) is 0.799. The Balaban J connectivity index is 1.56. The topological polar surface area (TPSA) is 58.4 Å². The van der Waals surface area contributed by atoms with Crippen LogP contribution in [0.25, 0.3) is 5.52 Å². The molecule has 3 rings (SSSR count). The number of pyridine rings is 1. The minimum atomic E-state index is -4.19. The van der Waals surface area contributed by atoms with E-state index in [1.165, 1.54) is 0 Å². The monoisotopic (exact) mass is 418 g/mol. The molecular weight excluding hydrogens is 401 g/mol. The van der Waals surface area contributed by atoms with Gasteiger partial charge < -0.3 is 10.6 Å². The number of halogens is 4. The molecule has 0 aliphatic heterocycles. The average Bonchev–Trinajstić information content (AvgIpc) is 2.91. The molecule has 25 heavy (non-hydrogen) atoms. The van der Waals surface area contributed by atoms with Gasteiger partial charge in [0.05, 0.1) is 12.1 Å². The third-order valence-corrected chi connectivity index (χ3v) is 4.94. The summed E-state index contributed by atoms with van der Waals surface area (Å²) in [6.45, 7) is -0.969. The standard InChI is InChI=1S/C16H18BrF3N4O/c17-13-12-3-1-2-8-24(12)14(23-13)15(25)22-11-6-4-10(5-7-11)21-9-16(18,19)20/h1-3,8,10-11,21H,4-7,9H2,(H,22,25). The van der Waals surface area contributed by atoms with Gasteiger partial charge >= 0.3 is 6.18 Å². The summed E-state index contributed by atoms with van der Waals surface area (Å²) < 4.78 is 39.0. The molecule has 0 saturated heterocycles. The van der Waals surface area contributed by atoms with Gasteiger partial charge in [0, 0.05) is 18.3 Å².